The van der Waals surface area contributed by atoms with Crippen LogP contribution in [0, 0.1) is 11.3 Å². The molecule has 2 aromatic carbocycles. The van der Waals surface area contributed by atoms with Crippen LogP contribution in [0.4, 0.5) is 0 Å². The lowest BCUT2D eigenvalue weighted by molar-refractivity contribution is 0.0730. The van der Waals surface area contributed by atoms with Crippen LogP contribution in [0.15, 0.2) is 47.4 Å². The fourth-order valence-electron chi connectivity index (χ4n) is 3.57. The standard InChI is InChI=1S/C22H21ClN4O3S/c1-2-27-21-8-7-18(31(28,29)26-9-11-30-12-10-26)14-20(21)25-22(27)19(23)13-16-3-5-17(15-24)6-4-16/h3-8,13-14H,2,9-12H2,1H3. The van der Waals surface area contributed by atoms with Crippen molar-refractivity contribution in [2.24, 2.45) is 0 Å². The first kappa shape index (κ1) is 21.5. The Labute approximate surface area is 186 Å². The lowest BCUT2D eigenvalue weighted by Crippen LogP contribution is -2.40. The summed E-state index contributed by atoms with van der Waals surface area (Å²) >= 11 is 6.59. The number of nitriles is 1. The number of hydrogen-bond acceptors (Lipinski definition) is 5. The maximum atomic E-state index is 13.0. The molecule has 7 nitrogen and oxygen atoms in total. The Morgan fingerprint density at radius 1 is 1.23 bits per heavy atom. The van der Waals surface area contributed by atoms with Crippen LogP contribution >= 0.6 is 11.6 Å². The highest BCUT2D eigenvalue weighted by Crippen LogP contribution is 2.28. The van der Waals surface area contributed by atoms with Crippen LogP contribution in [0.1, 0.15) is 23.9 Å². The Morgan fingerprint density at radius 3 is 2.58 bits per heavy atom. The molecule has 0 bridgehead atoms. The zero-order valence-electron chi connectivity index (χ0n) is 17.0. The van der Waals surface area contributed by atoms with E-state index in [4.69, 9.17) is 21.6 Å². The minimum absolute atomic E-state index is 0.210. The third-order valence-electron chi connectivity index (χ3n) is 5.19. The van der Waals surface area contributed by atoms with Gasteiger partial charge in [0, 0.05) is 19.6 Å². The molecule has 160 valence electrons. The predicted octanol–water partition coefficient (Wildman–Crippen LogP) is 3.69. The molecule has 9 heteroatoms. The van der Waals surface area contributed by atoms with Crippen molar-refractivity contribution in [2.75, 3.05) is 26.3 Å². The van der Waals surface area contributed by atoms with Gasteiger partial charge < -0.3 is 9.30 Å². The van der Waals surface area contributed by atoms with Gasteiger partial charge in [0.25, 0.3) is 0 Å². The van der Waals surface area contributed by atoms with Crippen molar-refractivity contribution in [2.45, 2.75) is 18.4 Å². The van der Waals surface area contributed by atoms with Crippen LogP contribution < -0.4 is 0 Å². The third kappa shape index (κ3) is 4.23. The number of nitrogens with zero attached hydrogens (tertiary/aromatic N) is 4. The minimum Gasteiger partial charge on any atom is -0.379 e. The van der Waals surface area contributed by atoms with Gasteiger partial charge in [0.2, 0.25) is 10.0 Å². The molecule has 4 rings (SSSR count). The fourth-order valence-corrected chi connectivity index (χ4v) is 5.27. The van der Waals surface area contributed by atoms with Crippen LogP contribution in [0.25, 0.3) is 22.1 Å². The molecule has 0 radical (unpaired) electrons. The topological polar surface area (TPSA) is 88.2 Å². The van der Waals surface area contributed by atoms with Crippen LogP contribution in [0.3, 0.4) is 0 Å². The van der Waals surface area contributed by atoms with Gasteiger partial charge in [-0.1, -0.05) is 23.7 Å². The molecular weight excluding hydrogens is 436 g/mol. The average molecular weight is 457 g/mol. The lowest BCUT2D eigenvalue weighted by atomic mass is 10.1. The van der Waals surface area contributed by atoms with Gasteiger partial charge in [0.1, 0.15) is 0 Å². The summed E-state index contributed by atoms with van der Waals surface area (Å²) in [7, 11) is -3.61. The van der Waals surface area contributed by atoms with Gasteiger partial charge in [-0.25, -0.2) is 13.4 Å². The summed E-state index contributed by atoms with van der Waals surface area (Å²) < 4.78 is 34.6. The number of sulfonamides is 1. The number of hydrogen-bond donors (Lipinski definition) is 0. The van der Waals surface area contributed by atoms with E-state index >= 15 is 0 Å². The number of ether oxygens (including phenoxy) is 1. The summed E-state index contributed by atoms with van der Waals surface area (Å²) in [6, 6.07) is 14.1. The molecule has 1 aliphatic rings. The number of benzene rings is 2. The molecule has 1 fully saturated rings. The van der Waals surface area contributed by atoms with Gasteiger partial charge in [-0.2, -0.15) is 9.57 Å². The van der Waals surface area contributed by atoms with Gasteiger partial charge in [0.05, 0.1) is 45.8 Å². The second-order valence-electron chi connectivity index (χ2n) is 7.07. The second kappa shape index (κ2) is 8.81. The molecule has 0 spiro atoms. The number of imidazole rings is 1. The molecule has 0 amide bonds. The first-order valence-corrected chi connectivity index (χ1v) is 11.7. The maximum Gasteiger partial charge on any atom is 0.243 e. The second-order valence-corrected chi connectivity index (χ2v) is 9.42. The van der Waals surface area contributed by atoms with E-state index in [0.717, 1.165) is 11.1 Å². The molecule has 1 saturated heterocycles. The summed E-state index contributed by atoms with van der Waals surface area (Å²) in [5.41, 5.74) is 2.79. The Kier molecular flexibility index (Phi) is 6.12. The van der Waals surface area contributed by atoms with Crippen molar-refractivity contribution in [3.05, 3.63) is 59.4 Å². The minimum atomic E-state index is -3.61. The number of aryl methyl sites for hydroxylation is 1. The average Bonchev–Trinajstić information content (AvgIpc) is 3.18. The van der Waals surface area contributed by atoms with Crippen molar-refractivity contribution in [3.8, 4) is 6.07 Å². The van der Waals surface area contributed by atoms with E-state index in [1.165, 1.54) is 4.31 Å². The highest BCUT2D eigenvalue weighted by molar-refractivity contribution is 7.89. The van der Waals surface area contributed by atoms with Gasteiger partial charge in [-0.3, -0.25) is 0 Å². The smallest absolute Gasteiger partial charge is 0.243 e. The number of halogens is 1. The van der Waals surface area contributed by atoms with E-state index in [9.17, 15) is 8.42 Å². The van der Waals surface area contributed by atoms with Crippen molar-refractivity contribution in [1.29, 1.82) is 5.26 Å². The quantitative estimate of drug-likeness (QED) is 0.584. The summed E-state index contributed by atoms with van der Waals surface area (Å²) in [6.45, 7) is 4.08. The molecule has 3 aromatic rings. The Hall–Kier alpha value is -2.70. The largest absolute Gasteiger partial charge is 0.379 e. The van der Waals surface area contributed by atoms with Crippen LogP contribution in [-0.2, 0) is 21.3 Å². The molecule has 0 N–H and O–H groups in total. The predicted molar refractivity (Wildman–Crippen MR) is 120 cm³/mol. The van der Waals surface area contributed by atoms with Crippen LogP contribution in [0.2, 0.25) is 0 Å². The fraction of sp³-hybridized carbons (Fsp3) is 0.273. The highest BCUT2D eigenvalue weighted by atomic mass is 35.5. The molecule has 0 aliphatic carbocycles. The van der Waals surface area contributed by atoms with Crippen molar-refractivity contribution >= 4 is 43.8 Å². The Bertz CT molecular complexity index is 1280. The highest BCUT2D eigenvalue weighted by Gasteiger charge is 2.27. The van der Waals surface area contributed by atoms with Crippen molar-refractivity contribution in [1.82, 2.24) is 13.9 Å². The Morgan fingerprint density at radius 2 is 1.94 bits per heavy atom. The normalized spacial score (nSPS) is 15.8. The molecule has 0 saturated carbocycles. The number of fused-ring (bicyclic) bond motifs is 1. The Balaban J connectivity index is 1.73. The molecule has 1 aromatic heterocycles. The maximum absolute atomic E-state index is 13.0. The van der Waals surface area contributed by atoms with Gasteiger partial charge >= 0.3 is 0 Å². The zero-order chi connectivity index (χ0) is 22.0. The summed E-state index contributed by atoms with van der Waals surface area (Å²) in [6.07, 6.45) is 1.78. The van der Waals surface area contributed by atoms with E-state index in [1.807, 2.05) is 23.6 Å². The van der Waals surface area contributed by atoms with Crippen molar-refractivity contribution in [3.63, 3.8) is 0 Å². The molecule has 1 aliphatic heterocycles. The summed E-state index contributed by atoms with van der Waals surface area (Å²) in [5, 5.41) is 9.37. The van der Waals surface area contributed by atoms with Crippen molar-refractivity contribution < 1.29 is 13.2 Å². The number of rotatable bonds is 5. The lowest BCUT2D eigenvalue weighted by Gasteiger charge is -2.26. The summed E-state index contributed by atoms with van der Waals surface area (Å²) in [4.78, 5) is 4.84. The van der Waals surface area contributed by atoms with E-state index in [1.54, 1.807) is 36.4 Å². The zero-order valence-corrected chi connectivity index (χ0v) is 18.5. The summed E-state index contributed by atoms with van der Waals surface area (Å²) in [5.74, 6) is 0.560. The van der Waals surface area contributed by atoms with E-state index in [0.29, 0.717) is 54.8 Å². The van der Waals surface area contributed by atoms with Gasteiger partial charge in [-0.15, -0.1) is 0 Å². The van der Waals surface area contributed by atoms with Crippen LogP contribution in [-0.4, -0.2) is 48.6 Å². The van der Waals surface area contributed by atoms with Gasteiger partial charge in [-0.05, 0) is 48.9 Å². The first-order chi connectivity index (χ1) is 14.9. The van der Waals surface area contributed by atoms with E-state index < -0.39 is 10.0 Å². The van der Waals surface area contributed by atoms with Crippen LogP contribution in [0.5, 0.6) is 0 Å². The molecule has 0 atom stereocenters. The molecule has 2 heterocycles. The SMILES string of the molecule is CCn1c(C(Cl)=Cc2ccc(C#N)cc2)nc2cc(S(=O)(=O)N3CCOCC3)ccc21. The number of aromatic nitrogens is 2. The molecule has 0 unspecified atom stereocenters. The monoisotopic (exact) mass is 456 g/mol. The van der Waals surface area contributed by atoms with Gasteiger partial charge in [0.15, 0.2) is 5.82 Å². The molecular formula is C22H21ClN4O3S. The van der Waals surface area contributed by atoms with E-state index in [-0.39, 0.29) is 4.90 Å². The first-order valence-electron chi connectivity index (χ1n) is 9.90. The number of morpholine rings is 1. The third-order valence-corrected chi connectivity index (χ3v) is 7.36. The van der Waals surface area contributed by atoms with E-state index in [2.05, 4.69) is 11.1 Å². The molecule has 31 heavy (non-hydrogen) atoms.